The zero-order chi connectivity index (χ0) is 12.5. The quantitative estimate of drug-likeness (QED) is 0.580. The number of hydrogen-bond donors (Lipinski definition) is 1. The van der Waals surface area contributed by atoms with Crippen LogP contribution in [0.2, 0.25) is 0 Å². The van der Waals surface area contributed by atoms with E-state index in [9.17, 15) is 0 Å². The molecule has 17 heavy (non-hydrogen) atoms. The first-order chi connectivity index (χ1) is 8.29. The summed E-state index contributed by atoms with van der Waals surface area (Å²) in [6.07, 6.45) is 2.18. The van der Waals surface area contributed by atoms with E-state index >= 15 is 0 Å². The Hall–Kier alpha value is -1.73. The number of hydrogen-bond acceptors (Lipinski definition) is 4. The summed E-state index contributed by atoms with van der Waals surface area (Å²) in [5.41, 5.74) is 6.60. The van der Waals surface area contributed by atoms with Crippen molar-refractivity contribution in [3.05, 3.63) is 23.8 Å². The second-order valence-corrected chi connectivity index (χ2v) is 3.64. The third-order valence-electron chi connectivity index (χ3n) is 2.31. The van der Waals surface area contributed by atoms with Crippen LogP contribution in [-0.2, 0) is 4.74 Å². The zero-order valence-corrected chi connectivity index (χ0v) is 10.1. The third kappa shape index (κ3) is 4.33. The normalized spacial score (nSPS) is 9.88. The lowest BCUT2D eigenvalue weighted by atomic mass is 10.2. The number of rotatable bonds is 7. The minimum atomic E-state index is 0.392. The Morgan fingerprint density at radius 3 is 2.82 bits per heavy atom. The fraction of sp³-hybridized carbons (Fsp3) is 0.462. The van der Waals surface area contributed by atoms with Crippen LogP contribution in [-0.4, -0.2) is 19.8 Å². The van der Waals surface area contributed by atoms with E-state index in [0.29, 0.717) is 30.2 Å². The van der Waals surface area contributed by atoms with Gasteiger partial charge < -0.3 is 15.2 Å². The van der Waals surface area contributed by atoms with Crippen LogP contribution < -0.4 is 10.5 Å². The molecule has 0 spiro atoms. The van der Waals surface area contributed by atoms with E-state index in [1.54, 1.807) is 18.2 Å². The molecule has 92 valence electrons. The van der Waals surface area contributed by atoms with Crippen molar-refractivity contribution in [2.45, 2.75) is 19.8 Å². The molecule has 0 aliphatic rings. The molecule has 0 aliphatic carbocycles. The first-order valence-electron chi connectivity index (χ1n) is 5.78. The van der Waals surface area contributed by atoms with Gasteiger partial charge in [-0.1, -0.05) is 19.4 Å². The maximum Gasteiger partial charge on any atom is 0.143 e. The molecule has 1 aromatic rings. The van der Waals surface area contributed by atoms with Gasteiger partial charge in [-0.3, -0.25) is 0 Å². The van der Waals surface area contributed by atoms with Crippen molar-refractivity contribution in [3.8, 4) is 11.8 Å². The number of nitriles is 1. The van der Waals surface area contributed by atoms with Gasteiger partial charge in [0.25, 0.3) is 0 Å². The summed E-state index contributed by atoms with van der Waals surface area (Å²) >= 11 is 0. The number of nitrogens with two attached hydrogens (primary N) is 1. The number of para-hydroxylation sites is 1. The molecule has 4 heteroatoms. The number of anilines is 1. The van der Waals surface area contributed by atoms with Gasteiger partial charge in [0.15, 0.2) is 0 Å². The summed E-state index contributed by atoms with van der Waals surface area (Å²) in [4.78, 5) is 0. The monoisotopic (exact) mass is 234 g/mol. The first-order valence-corrected chi connectivity index (χ1v) is 5.78. The lowest BCUT2D eigenvalue weighted by Crippen LogP contribution is -2.08. The molecule has 4 nitrogen and oxygen atoms in total. The molecule has 0 radical (unpaired) electrons. The molecule has 0 bridgehead atoms. The Morgan fingerprint density at radius 1 is 1.29 bits per heavy atom. The first kappa shape index (κ1) is 13.3. The van der Waals surface area contributed by atoms with Crippen molar-refractivity contribution in [2.75, 3.05) is 25.6 Å². The Bertz CT molecular complexity index is 385. The third-order valence-corrected chi connectivity index (χ3v) is 2.31. The largest absolute Gasteiger partial charge is 0.489 e. The van der Waals surface area contributed by atoms with Gasteiger partial charge in [-0.2, -0.15) is 5.26 Å². The second kappa shape index (κ2) is 7.53. The molecule has 1 rings (SSSR count). The Morgan fingerprint density at radius 2 is 2.12 bits per heavy atom. The van der Waals surface area contributed by atoms with Gasteiger partial charge in [-0.15, -0.1) is 0 Å². The molecular weight excluding hydrogens is 216 g/mol. The van der Waals surface area contributed by atoms with Gasteiger partial charge >= 0.3 is 0 Å². The predicted molar refractivity (Wildman–Crippen MR) is 66.8 cm³/mol. The van der Waals surface area contributed by atoms with Gasteiger partial charge in [0.2, 0.25) is 0 Å². The van der Waals surface area contributed by atoms with E-state index in [-0.39, 0.29) is 0 Å². The molecule has 0 saturated carbocycles. The van der Waals surface area contributed by atoms with Gasteiger partial charge in [-0.05, 0) is 18.6 Å². The molecule has 0 fully saturated rings. The summed E-state index contributed by atoms with van der Waals surface area (Å²) in [5.74, 6) is 0.545. The Labute approximate surface area is 102 Å². The average Bonchev–Trinajstić information content (AvgIpc) is 2.35. The van der Waals surface area contributed by atoms with Crippen LogP contribution in [0.4, 0.5) is 5.69 Å². The van der Waals surface area contributed by atoms with Gasteiger partial charge in [0.05, 0.1) is 17.9 Å². The van der Waals surface area contributed by atoms with E-state index in [1.165, 1.54) is 0 Å². The molecule has 2 N–H and O–H groups in total. The summed E-state index contributed by atoms with van der Waals surface area (Å²) in [7, 11) is 0. The summed E-state index contributed by atoms with van der Waals surface area (Å²) in [5, 5.41) is 8.80. The van der Waals surface area contributed by atoms with Crippen LogP contribution in [0.25, 0.3) is 0 Å². The van der Waals surface area contributed by atoms with Crippen molar-refractivity contribution in [3.63, 3.8) is 0 Å². The van der Waals surface area contributed by atoms with E-state index in [4.69, 9.17) is 20.5 Å². The van der Waals surface area contributed by atoms with Gasteiger partial charge in [-0.25, -0.2) is 0 Å². The molecular formula is C13H18N2O2. The van der Waals surface area contributed by atoms with Gasteiger partial charge in [0, 0.05) is 6.61 Å². The summed E-state index contributed by atoms with van der Waals surface area (Å²) in [6, 6.07) is 7.19. The lowest BCUT2D eigenvalue weighted by molar-refractivity contribution is 0.0983. The number of unbranched alkanes of at least 4 members (excludes halogenated alkanes) is 1. The highest BCUT2D eigenvalue weighted by Crippen LogP contribution is 2.24. The summed E-state index contributed by atoms with van der Waals surface area (Å²) < 4.78 is 10.8. The minimum absolute atomic E-state index is 0.392. The minimum Gasteiger partial charge on any atom is -0.489 e. The average molecular weight is 234 g/mol. The fourth-order valence-electron chi connectivity index (χ4n) is 1.33. The Kier molecular flexibility index (Phi) is 5.91. The Balaban J connectivity index is 2.35. The van der Waals surface area contributed by atoms with Crippen LogP contribution in [0.3, 0.4) is 0 Å². The van der Waals surface area contributed by atoms with Crippen molar-refractivity contribution in [1.82, 2.24) is 0 Å². The van der Waals surface area contributed by atoms with E-state index in [2.05, 4.69) is 6.92 Å². The molecule has 1 aromatic carbocycles. The van der Waals surface area contributed by atoms with Crippen LogP contribution in [0.1, 0.15) is 25.3 Å². The SMILES string of the molecule is CCCCOCCOc1cccc(C#N)c1N. The van der Waals surface area contributed by atoms with Crippen molar-refractivity contribution >= 4 is 5.69 Å². The maximum atomic E-state index is 8.80. The van der Waals surface area contributed by atoms with Crippen molar-refractivity contribution in [2.24, 2.45) is 0 Å². The molecule has 0 aliphatic heterocycles. The van der Waals surface area contributed by atoms with Crippen LogP contribution in [0.15, 0.2) is 18.2 Å². The topological polar surface area (TPSA) is 68.3 Å². The zero-order valence-electron chi connectivity index (χ0n) is 10.1. The van der Waals surface area contributed by atoms with Crippen LogP contribution in [0.5, 0.6) is 5.75 Å². The van der Waals surface area contributed by atoms with Gasteiger partial charge in [0.1, 0.15) is 18.4 Å². The van der Waals surface area contributed by atoms with E-state index in [0.717, 1.165) is 19.4 Å². The molecule has 0 saturated heterocycles. The molecule has 0 aromatic heterocycles. The van der Waals surface area contributed by atoms with Crippen LogP contribution in [0, 0.1) is 11.3 Å². The highest BCUT2D eigenvalue weighted by molar-refractivity contribution is 5.62. The number of nitrogen functional groups attached to an aromatic ring is 1. The summed E-state index contributed by atoms with van der Waals surface area (Å²) in [6.45, 7) is 3.86. The standard InChI is InChI=1S/C13H18N2O2/c1-2-3-7-16-8-9-17-12-6-4-5-11(10-14)13(12)15/h4-6H,2-3,7-9,15H2,1H3. The van der Waals surface area contributed by atoms with Crippen molar-refractivity contribution < 1.29 is 9.47 Å². The highest BCUT2D eigenvalue weighted by Gasteiger charge is 2.04. The molecule has 0 unspecified atom stereocenters. The molecule has 0 heterocycles. The lowest BCUT2D eigenvalue weighted by Gasteiger charge is -2.09. The smallest absolute Gasteiger partial charge is 0.143 e. The van der Waals surface area contributed by atoms with Crippen molar-refractivity contribution in [1.29, 1.82) is 5.26 Å². The highest BCUT2D eigenvalue weighted by atomic mass is 16.5. The maximum absolute atomic E-state index is 8.80. The molecule has 0 amide bonds. The van der Waals surface area contributed by atoms with Crippen LogP contribution >= 0.6 is 0 Å². The predicted octanol–water partition coefficient (Wildman–Crippen LogP) is 2.34. The number of ether oxygens (including phenoxy) is 2. The fourth-order valence-corrected chi connectivity index (χ4v) is 1.33. The number of benzene rings is 1. The molecule has 0 atom stereocenters. The van der Waals surface area contributed by atoms with E-state index < -0.39 is 0 Å². The second-order valence-electron chi connectivity index (χ2n) is 3.64. The van der Waals surface area contributed by atoms with E-state index in [1.807, 2.05) is 6.07 Å². The number of nitrogens with zero attached hydrogens (tertiary/aromatic N) is 1.